The lowest BCUT2D eigenvalue weighted by Gasteiger charge is -2.45. The van der Waals surface area contributed by atoms with Crippen LogP contribution in [0, 0.1) is 0 Å². The molecule has 2 aliphatic heterocycles. The van der Waals surface area contributed by atoms with Crippen LogP contribution in [0.2, 0.25) is 0 Å². The third-order valence-corrected chi connectivity index (χ3v) is 8.06. The minimum atomic E-state index is -0.990. The zero-order chi connectivity index (χ0) is 27.8. The molecule has 0 saturated carbocycles. The van der Waals surface area contributed by atoms with E-state index in [0.717, 1.165) is 40.9 Å². The van der Waals surface area contributed by atoms with Crippen molar-refractivity contribution in [2.45, 2.75) is 63.2 Å². The Morgan fingerprint density at radius 2 is 1.72 bits per heavy atom. The Hall–Kier alpha value is -3.71. The Balaban J connectivity index is 1.29. The minimum absolute atomic E-state index is 0.130. The lowest BCUT2D eigenvalue weighted by molar-refractivity contribution is -0.127. The fourth-order valence-electron chi connectivity index (χ4n) is 5.90. The first-order chi connectivity index (χ1) is 18.6. The van der Waals surface area contributed by atoms with Gasteiger partial charge in [-0.15, -0.1) is 0 Å². The number of ether oxygens (including phenoxy) is 1. The van der Waals surface area contributed by atoms with Gasteiger partial charge in [-0.1, -0.05) is 60.7 Å². The molecule has 2 aliphatic rings. The summed E-state index contributed by atoms with van der Waals surface area (Å²) in [5, 5.41) is 10.6. The molecule has 2 aromatic carbocycles. The molecule has 39 heavy (non-hydrogen) atoms. The molecule has 7 heteroatoms. The normalized spacial score (nSPS) is 22.6. The van der Waals surface area contributed by atoms with Crippen molar-refractivity contribution in [1.29, 1.82) is 0 Å². The van der Waals surface area contributed by atoms with E-state index in [1.807, 2.05) is 86.9 Å². The summed E-state index contributed by atoms with van der Waals surface area (Å²) in [5.41, 5.74) is 2.88. The lowest BCUT2D eigenvalue weighted by Crippen LogP contribution is -2.51. The van der Waals surface area contributed by atoms with Crippen LogP contribution in [0.1, 0.15) is 68.8 Å². The molecule has 3 aromatic rings. The minimum Gasteiger partial charge on any atom is -0.438 e. The zero-order valence-corrected chi connectivity index (χ0v) is 23.1. The maximum absolute atomic E-state index is 13.3. The molecule has 0 aliphatic carbocycles. The van der Waals surface area contributed by atoms with Gasteiger partial charge in [0.05, 0.1) is 23.3 Å². The molecule has 204 valence electrons. The molecule has 3 heterocycles. The van der Waals surface area contributed by atoms with Crippen molar-refractivity contribution >= 4 is 12.0 Å². The molecule has 0 spiro atoms. The van der Waals surface area contributed by atoms with Crippen molar-refractivity contribution < 1.29 is 19.4 Å². The molecule has 0 radical (unpaired) electrons. The van der Waals surface area contributed by atoms with Crippen molar-refractivity contribution in [2.75, 3.05) is 20.1 Å². The molecule has 0 bridgehead atoms. The molecule has 2 fully saturated rings. The summed E-state index contributed by atoms with van der Waals surface area (Å²) in [5.74, 6) is -0.0217. The van der Waals surface area contributed by atoms with Crippen LogP contribution >= 0.6 is 0 Å². The first kappa shape index (κ1) is 26.9. The van der Waals surface area contributed by atoms with Gasteiger partial charge in [0.2, 0.25) is 5.91 Å². The SMILES string of the molecule is C[C@@H](c1ccc(-c2ccc(C3CCN(C)C3=O)nc2)cc1)N1CC[C@](CC(C)(C)O)(c2ccccc2)OC1=O. The van der Waals surface area contributed by atoms with Gasteiger partial charge in [-0.3, -0.25) is 9.78 Å². The van der Waals surface area contributed by atoms with E-state index in [0.29, 0.717) is 19.4 Å². The largest absolute Gasteiger partial charge is 0.438 e. The zero-order valence-electron chi connectivity index (χ0n) is 23.1. The molecule has 1 aromatic heterocycles. The number of rotatable bonds is 7. The highest BCUT2D eigenvalue weighted by atomic mass is 16.6. The number of nitrogens with zero attached hydrogens (tertiary/aromatic N) is 3. The van der Waals surface area contributed by atoms with Crippen LogP contribution in [0.4, 0.5) is 4.79 Å². The number of amides is 2. The second-order valence-electron chi connectivity index (χ2n) is 11.5. The molecule has 1 N–H and O–H groups in total. The molecular formula is C32H37N3O4. The number of aliphatic hydroxyl groups is 1. The molecule has 3 atom stereocenters. The summed E-state index contributed by atoms with van der Waals surface area (Å²) in [6, 6.07) is 21.7. The average Bonchev–Trinajstić information content (AvgIpc) is 3.26. The third kappa shape index (κ3) is 5.55. The number of cyclic esters (lactones) is 1. The molecule has 2 saturated heterocycles. The second kappa shape index (κ2) is 10.5. The first-order valence-corrected chi connectivity index (χ1v) is 13.7. The summed E-state index contributed by atoms with van der Waals surface area (Å²) >= 11 is 0. The van der Waals surface area contributed by atoms with E-state index in [1.165, 1.54) is 0 Å². The highest BCUT2D eigenvalue weighted by Crippen LogP contribution is 2.42. The van der Waals surface area contributed by atoms with Crippen molar-refractivity contribution in [2.24, 2.45) is 0 Å². The van der Waals surface area contributed by atoms with Crippen molar-refractivity contribution in [3.8, 4) is 11.1 Å². The molecule has 2 amide bonds. The molecule has 7 nitrogen and oxygen atoms in total. The molecular weight excluding hydrogens is 490 g/mol. The van der Waals surface area contributed by atoms with E-state index in [4.69, 9.17) is 4.74 Å². The summed E-state index contributed by atoms with van der Waals surface area (Å²) in [4.78, 5) is 33.8. The van der Waals surface area contributed by atoms with E-state index in [-0.39, 0.29) is 24.0 Å². The Kier molecular flexibility index (Phi) is 7.21. The number of carbonyl (C=O) groups is 2. The summed E-state index contributed by atoms with van der Waals surface area (Å²) in [6.07, 6.45) is 3.17. The third-order valence-electron chi connectivity index (χ3n) is 8.06. The fraction of sp³-hybridized carbons (Fsp3) is 0.406. The maximum atomic E-state index is 13.3. The van der Waals surface area contributed by atoms with E-state index < -0.39 is 11.2 Å². The monoisotopic (exact) mass is 527 g/mol. The second-order valence-corrected chi connectivity index (χ2v) is 11.5. The van der Waals surface area contributed by atoms with Crippen LogP contribution in [0.3, 0.4) is 0 Å². The van der Waals surface area contributed by atoms with Crippen molar-refractivity contribution in [3.05, 3.63) is 89.7 Å². The van der Waals surface area contributed by atoms with E-state index in [2.05, 4.69) is 4.98 Å². The van der Waals surface area contributed by atoms with Gasteiger partial charge in [0.15, 0.2) is 0 Å². The van der Waals surface area contributed by atoms with Gasteiger partial charge in [0.25, 0.3) is 0 Å². The number of likely N-dealkylation sites (tertiary alicyclic amines) is 1. The number of pyridine rings is 1. The van der Waals surface area contributed by atoms with Gasteiger partial charge >= 0.3 is 6.09 Å². The number of aromatic nitrogens is 1. The Morgan fingerprint density at radius 3 is 2.28 bits per heavy atom. The average molecular weight is 528 g/mol. The molecule has 1 unspecified atom stereocenters. The summed E-state index contributed by atoms with van der Waals surface area (Å²) in [7, 11) is 1.83. The van der Waals surface area contributed by atoms with Gasteiger partial charge in [-0.25, -0.2) is 4.79 Å². The van der Waals surface area contributed by atoms with Gasteiger partial charge < -0.3 is 19.6 Å². The highest BCUT2D eigenvalue weighted by molar-refractivity contribution is 5.85. The Morgan fingerprint density at radius 1 is 1.03 bits per heavy atom. The van der Waals surface area contributed by atoms with Gasteiger partial charge in [-0.2, -0.15) is 0 Å². The number of benzene rings is 2. The summed E-state index contributed by atoms with van der Waals surface area (Å²) < 4.78 is 6.14. The quantitative estimate of drug-likeness (QED) is 0.429. The van der Waals surface area contributed by atoms with Crippen molar-refractivity contribution in [3.63, 3.8) is 0 Å². The van der Waals surface area contributed by atoms with Crippen molar-refractivity contribution in [1.82, 2.24) is 14.8 Å². The van der Waals surface area contributed by atoms with Gasteiger partial charge in [0, 0.05) is 44.7 Å². The smallest absolute Gasteiger partial charge is 0.411 e. The van der Waals surface area contributed by atoms with Crippen LogP contribution in [-0.4, -0.2) is 57.6 Å². The number of likely N-dealkylation sites (N-methyl/N-ethyl adjacent to an activating group) is 1. The first-order valence-electron chi connectivity index (χ1n) is 13.7. The predicted octanol–water partition coefficient (Wildman–Crippen LogP) is 5.65. The molecule has 5 rings (SSSR count). The van der Waals surface area contributed by atoms with Crippen LogP contribution in [0.25, 0.3) is 11.1 Å². The summed E-state index contributed by atoms with van der Waals surface area (Å²) in [6.45, 7) is 6.79. The number of hydrogen-bond donors (Lipinski definition) is 1. The topological polar surface area (TPSA) is 83.0 Å². The van der Waals surface area contributed by atoms with Gasteiger partial charge in [0.1, 0.15) is 5.60 Å². The van der Waals surface area contributed by atoms with Crippen LogP contribution in [-0.2, 0) is 15.1 Å². The van der Waals surface area contributed by atoms with Gasteiger partial charge in [-0.05, 0) is 49.9 Å². The van der Waals surface area contributed by atoms with Crippen LogP contribution < -0.4 is 0 Å². The number of hydrogen-bond acceptors (Lipinski definition) is 5. The Bertz CT molecular complexity index is 1320. The van der Waals surface area contributed by atoms with Crippen LogP contribution in [0.5, 0.6) is 0 Å². The predicted molar refractivity (Wildman–Crippen MR) is 150 cm³/mol. The van der Waals surface area contributed by atoms with E-state index in [1.54, 1.807) is 23.6 Å². The fourth-order valence-corrected chi connectivity index (χ4v) is 5.90. The maximum Gasteiger partial charge on any atom is 0.411 e. The number of carbonyl (C=O) groups excluding carboxylic acids is 2. The highest BCUT2D eigenvalue weighted by Gasteiger charge is 2.46. The lowest BCUT2D eigenvalue weighted by atomic mass is 9.80. The van der Waals surface area contributed by atoms with Crippen LogP contribution in [0.15, 0.2) is 72.9 Å². The van der Waals surface area contributed by atoms with E-state index in [9.17, 15) is 14.7 Å². The van der Waals surface area contributed by atoms with E-state index >= 15 is 0 Å². The Labute approximate surface area is 230 Å². The standard InChI is InChI=1S/C32H37N3O4/c1-22(35-19-17-32(39-30(35)37,21-31(2,3)38)26-8-6-5-7-9-26)23-10-12-24(13-11-23)25-14-15-28(33-20-25)27-16-18-34(4)29(27)36/h5-15,20,22,27,38H,16-19,21H2,1-4H3/t22-,27?,32-/m0/s1.